The lowest BCUT2D eigenvalue weighted by Crippen LogP contribution is -2.32. The molecule has 0 amide bonds. The van der Waals surface area contributed by atoms with Gasteiger partial charge in [0.1, 0.15) is 78.5 Å². The molecule has 0 saturated carbocycles. The number of rotatable bonds is 5. The van der Waals surface area contributed by atoms with Gasteiger partial charge < -0.3 is 9.13 Å². The number of hydrogen-bond acceptors (Lipinski definition) is 0. The van der Waals surface area contributed by atoms with Crippen LogP contribution in [0.2, 0.25) is 0 Å². The highest BCUT2D eigenvalue weighted by molar-refractivity contribution is 6.63. The fourth-order valence-electron chi connectivity index (χ4n) is 10.5. The Hall–Kier alpha value is -5.99. The molecule has 0 spiro atoms. The zero-order valence-corrected chi connectivity index (χ0v) is 36.6. The van der Waals surface area contributed by atoms with Crippen LogP contribution in [0.5, 0.6) is 0 Å². The summed E-state index contributed by atoms with van der Waals surface area (Å²) < 4.78 is 5.11. The predicted molar refractivity (Wildman–Crippen MR) is 293 cm³/mol. The molecule has 2 heterocycles. The summed E-state index contributed by atoms with van der Waals surface area (Å²) in [4.78, 5) is 0. The maximum Gasteiger partial charge on any atom is 0.142 e. The van der Waals surface area contributed by atoms with Crippen LogP contribution >= 0.6 is 0 Å². The highest BCUT2D eigenvalue weighted by Crippen LogP contribution is 2.35. The summed E-state index contributed by atoms with van der Waals surface area (Å²) in [7, 11) is 23.1. The molecule has 0 atom stereocenters. The number of hydrogen-bond donors (Lipinski definition) is 0. The maximum absolute atomic E-state index is 2.55. The Balaban J connectivity index is 1.28. The molecule has 0 aliphatic carbocycles. The molecule has 0 bridgehead atoms. The summed E-state index contributed by atoms with van der Waals surface area (Å²) in [5, 5.41) is 5.44. The second kappa shape index (κ2) is 14.3. The lowest BCUT2D eigenvalue weighted by molar-refractivity contribution is 1.19. The molecule has 0 fully saturated rings. The molecule has 2 aromatic heterocycles. The molecule has 0 radical (unpaired) electrons. The minimum Gasteiger partial charge on any atom is -0.310 e. The van der Waals surface area contributed by atoms with E-state index in [9.17, 15) is 0 Å². The van der Waals surface area contributed by atoms with Crippen molar-refractivity contribution in [1.29, 1.82) is 0 Å². The molecule has 0 N–H and O–H groups in total. The van der Waals surface area contributed by atoms with Gasteiger partial charge in [-0.25, -0.2) is 0 Å². The Bertz CT molecular complexity index is 3200. The molecule has 8 aromatic carbocycles. The first-order valence-electron chi connectivity index (χ1n) is 21.4. The molecule has 2 nitrogen and oxygen atoms in total. The lowest BCUT2D eigenvalue weighted by atomic mass is 9.70. The van der Waals surface area contributed by atoms with Crippen LogP contribution in [-0.2, 0) is 0 Å². The molecule has 12 heteroatoms. The average Bonchev–Trinajstić information content (AvgIpc) is 3.83. The summed E-state index contributed by atoms with van der Waals surface area (Å²) in [6.45, 7) is 0. The molecule has 274 valence electrons. The Kier molecular flexibility index (Phi) is 9.13. The fourth-order valence-corrected chi connectivity index (χ4v) is 10.5. The Morgan fingerprint density at radius 1 is 0.267 bits per heavy atom. The van der Waals surface area contributed by atoms with E-state index in [0.29, 0.717) is 0 Å². The van der Waals surface area contributed by atoms with Crippen molar-refractivity contribution in [2.24, 2.45) is 0 Å². The number of aromatic nitrogens is 2. The van der Waals surface area contributed by atoms with Gasteiger partial charge in [-0.05, 0) is 68.4 Å². The first-order chi connectivity index (χ1) is 28.9. The van der Waals surface area contributed by atoms with E-state index in [0.717, 1.165) is 0 Å². The van der Waals surface area contributed by atoms with Crippen molar-refractivity contribution in [1.82, 2.24) is 9.13 Å². The molecule has 60 heavy (non-hydrogen) atoms. The second-order valence-electron chi connectivity index (χ2n) is 17.4. The largest absolute Gasteiger partial charge is 0.310 e. The quantitative estimate of drug-likeness (QED) is 0.157. The van der Waals surface area contributed by atoms with Crippen LogP contribution in [0.1, 0.15) is 0 Å². The molecular weight excluding hydrogens is 713 g/mol. The average molecular weight is 755 g/mol. The van der Waals surface area contributed by atoms with Crippen molar-refractivity contribution >= 4 is 177 Å². The first kappa shape index (κ1) is 38.2. The summed E-state index contributed by atoms with van der Waals surface area (Å²) in [6, 6.07) is 49.4. The standard InChI is InChI=1S/C48H42B10N2/c49-31-21-35(53)47-39(43(31)57)37-41(55)29(19-33(51)45(37)59(47)27-15-7-13-25(17-27)23-9-3-1-4-10-23)30-20-34(52)46-38(42(30)56)40-44(58)32(50)22-36(54)48(40)60(46)28-16-8-14-26(18-28)24-11-5-2-6-12-24/h1-22H,49-58H2. The van der Waals surface area contributed by atoms with Crippen molar-refractivity contribution in [3.63, 3.8) is 0 Å². The van der Waals surface area contributed by atoms with Crippen LogP contribution in [0.25, 0.3) is 88.4 Å². The minimum atomic E-state index is 1.19. The van der Waals surface area contributed by atoms with Gasteiger partial charge in [0.05, 0.1) is 0 Å². The Morgan fingerprint density at radius 3 is 0.950 bits per heavy atom. The van der Waals surface area contributed by atoms with Crippen molar-refractivity contribution in [2.45, 2.75) is 0 Å². The molecular formula is C48H42B10N2. The van der Waals surface area contributed by atoms with Crippen LogP contribution in [0.15, 0.2) is 133 Å². The van der Waals surface area contributed by atoms with Gasteiger partial charge in [0.25, 0.3) is 0 Å². The smallest absolute Gasteiger partial charge is 0.142 e. The normalized spacial score (nSPS) is 11.7. The second-order valence-corrected chi connectivity index (χ2v) is 17.4. The van der Waals surface area contributed by atoms with Gasteiger partial charge in [-0.3, -0.25) is 0 Å². The predicted octanol–water partition coefficient (Wildman–Crippen LogP) is -4.53. The van der Waals surface area contributed by atoms with Crippen molar-refractivity contribution in [3.8, 4) is 44.8 Å². The summed E-state index contributed by atoms with van der Waals surface area (Å²) in [5.41, 5.74) is 28.3. The van der Waals surface area contributed by atoms with Crippen LogP contribution in [0.3, 0.4) is 0 Å². The molecule has 0 saturated heterocycles. The highest BCUT2D eigenvalue weighted by Gasteiger charge is 2.26. The topological polar surface area (TPSA) is 9.86 Å². The minimum absolute atomic E-state index is 1.19. The van der Waals surface area contributed by atoms with E-state index >= 15 is 0 Å². The van der Waals surface area contributed by atoms with E-state index in [-0.39, 0.29) is 0 Å². The van der Waals surface area contributed by atoms with Gasteiger partial charge in [-0.1, -0.05) is 164 Å². The monoisotopic (exact) mass is 756 g/mol. The third-order valence-electron chi connectivity index (χ3n) is 13.6. The molecule has 0 aliphatic heterocycles. The Labute approximate surface area is 362 Å². The van der Waals surface area contributed by atoms with Crippen molar-refractivity contribution in [3.05, 3.63) is 133 Å². The first-order valence-corrected chi connectivity index (χ1v) is 21.4. The highest BCUT2D eigenvalue weighted by atomic mass is 15.0. The third-order valence-corrected chi connectivity index (χ3v) is 13.6. The van der Waals surface area contributed by atoms with Crippen LogP contribution in [0, 0.1) is 0 Å². The van der Waals surface area contributed by atoms with Gasteiger partial charge in [-0.15, -0.1) is 0 Å². The van der Waals surface area contributed by atoms with Crippen LogP contribution in [-0.4, -0.2) is 87.6 Å². The summed E-state index contributed by atoms with van der Waals surface area (Å²) >= 11 is 0. The van der Waals surface area contributed by atoms with E-state index in [4.69, 9.17) is 0 Å². The maximum atomic E-state index is 2.55. The van der Waals surface area contributed by atoms with Crippen molar-refractivity contribution < 1.29 is 0 Å². The number of benzene rings is 8. The molecule has 0 unspecified atom stereocenters. The van der Waals surface area contributed by atoms with Gasteiger partial charge in [0.15, 0.2) is 0 Å². The van der Waals surface area contributed by atoms with E-state index in [1.165, 1.54) is 143 Å². The Morgan fingerprint density at radius 2 is 0.583 bits per heavy atom. The van der Waals surface area contributed by atoms with Gasteiger partial charge in [-0.2, -0.15) is 0 Å². The lowest BCUT2D eigenvalue weighted by Gasteiger charge is -2.19. The molecule has 10 rings (SSSR count). The number of fused-ring (bicyclic) bond motifs is 6. The molecule has 0 aliphatic rings. The fraction of sp³-hybridized carbons (Fsp3) is 0. The SMILES string of the molecule is Bc1cc(B)c2c(c1B)c1c(B)c(-c3cc(B)c4c(c3B)c3c(B)c(B)cc(B)c3n4-c3cccc(-c4ccccc4)c3)cc(B)c1n2-c1cccc(-c2ccccc2)c1. The van der Waals surface area contributed by atoms with Gasteiger partial charge in [0, 0.05) is 44.2 Å². The van der Waals surface area contributed by atoms with Gasteiger partial charge in [0.2, 0.25) is 0 Å². The van der Waals surface area contributed by atoms with E-state index in [2.05, 4.69) is 221 Å². The third kappa shape index (κ3) is 5.71. The van der Waals surface area contributed by atoms with Crippen LogP contribution < -0.4 is 54.6 Å². The van der Waals surface area contributed by atoms with Crippen LogP contribution in [0.4, 0.5) is 0 Å². The summed E-state index contributed by atoms with van der Waals surface area (Å²) in [5.74, 6) is 0. The zero-order chi connectivity index (χ0) is 41.7. The van der Waals surface area contributed by atoms with E-state index < -0.39 is 0 Å². The summed E-state index contributed by atoms with van der Waals surface area (Å²) in [6.07, 6.45) is 0. The molecule has 10 aromatic rings. The number of nitrogens with zero attached hydrogens (tertiary/aromatic N) is 2. The zero-order valence-electron chi connectivity index (χ0n) is 36.6. The van der Waals surface area contributed by atoms with Gasteiger partial charge >= 0.3 is 0 Å². The van der Waals surface area contributed by atoms with E-state index in [1.807, 2.05) is 0 Å². The van der Waals surface area contributed by atoms with Crippen molar-refractivity contribution in [2.75, 3.05) is 0 Å². The van der Waals surface area contributed by atoms with E-state index in [1.54, 1.807) is 0 Å².